The van der Waals surface area contributed by atoms with Gasteiger partial charge in [0, 0.05) is 19.7 Å². The average molecular weight is 293 g/mol. The molecule has 0 radical (unpaired) electrons. The van der Waals surface area contributed by atoms with Gasteiger partial charge in [-0.15, -0.1) is 0 Å². The first-order valence-electron chi connectivity index (χ1n) is 7.74. The van der Waals surface area contributed by atoms with Crippen LogP contribution in [0.15, 0.2) is 18.2 Å². The molecule has 0 unspecified atom stereocenters. The number of unbranched alkanes of at least 4 members (excludes halogenated alkanes) is 1. The number of carbonyl (C=O) groups is 1. The lowest BCUT2D eigenvalue weighted by Gasteiger charge is -2.08. The molecule has 0 aliphatic heterocycles. The zero-order chi connectivity index (χ0) is 15.5. The SMILES string of the molecule is CCCNc1cccc(C(=O)NCCCCOC(C)C)n1. The third-order valence-corrected chi connectivity index (χ3v) is 2.85. The van der Waals surface area contributed by atoms with Crippen LogP contribution in [0, 0.1) is 0 Å². The molecule has 21 heavy (non-hydrogen) atoms. The Kier molecular flexibility index (Phi) is 8.43. The third kappa shape index (κ3) is 7.66. The zero-order valence-corrected chi connectivity index (χ0v) is 13.3. The molecule has 5 nitrogen and oxygen atoms in total. The molecule has 1 amide bonds. The van der Waals surface area contributed by atoms with Gasteiger partial charge < -0.3 is 15.4 Å². The average Bonchev–Trinajstić information content (AvgIpc) is 2.48. The second-order valence-electron chi connectivity index (χ2n) is 5.22. The van der Waals surface area contributed by atoms with Crippen LogP contribution in [-0.4, -0.2) is 36.7 Å². The Hall–Kier alpha value is -1.62. The number of rotatable bonds is 10. The van der Waals surface area contributed by atoms with Gasteiger partial charge in [-0.25, -0.2) is 4.98 Å². The van der Waals surface area contributed by atoms with E-state index in [1.54, 1.807) is 6.07 Å². The minimum Gasteiger partial charge on any atom is -0.379 e. The fourth-order valence-corrected chi connectivity index (χ4v) is 1.75. The van der Waals surface area contributed by atoms with E-state index >= 15 is 0 Å². The molecule has 0 aliphatic rings. The van der Waals surface area contributed by atoms with Crippen molar-refractivity contribution in [3.05, 3.63) is 23.9 Å². The van der Waals surface area contributed by atoms with Crippen molar-refractivity contribution in [1.29, 1.82) is 0 Å². The predicted octanol–water partition coefficient (Wildman–Crippen LogP) is 2.84. The Labute approximate surface area is 127 Å². The van der Waals surface area contributed by atoms with Crippen LogP contribution in [0.3, 0.4) is 0 Å². The van der Waals surface area contributed by atoms with Crippen LogP contribution in [0.5, 0.6) is 0 Å². The first-order valence-corrected chi connectivity index (χ1v) is 7.74. The molecule has 5 heteroatoms. The van der Waals surface area contributed by atoms with Gasteiger partial charge in [-0.3, -0.25) is 4.79 Å². The summed E-state index contributed by atoms with van der Waals surface area (Å²) in [6.45, 7) is 8.37. The highest BCUT2D eigenvalue weighted by molar-refractivity contribution is 5.92. The molecule has 0 aliphatic carbocycles. The van der Waals surface area contributed by atoms with E-state index in [4.69, 9.17) is 4.74 Å². The van der Waals surface area contributed by atoms with Gasteiger partial charge >= 0.3 is 0 Å². The molecule has 118 valence electrons. The van der Waals surface area contributed by atoms with Gasteiger partial charge in [0.05, 0.1) is 6.10 Å². The van der Waals surface area contributed by atoms with Crippen LogP contribution in [0.25, 0.3) is 0 Å². The maximum atomic E-state index is 12.0. The van der Waals surface area contributed by atoms with Gasteiger partial charge in [0.2, 0.25) is 0 Å². The van der Waals surface area contributed by atoms with E-state index in [1.807, 2.05) is 26.0 Å². The number of hydrogen-bond donors (Lipinski definition) is 2. The summed E-state index contributed by atoms with van der Waals surface area (Å²) in [6.07, 6.45) is 3.15. The molecule has 0 atom stereocenters. The molecule has 0 fully saturated rings. The predicted molar refractivity (Wildman–Crippen MR) is 85.7 cm³/mol. The van der Waals surface area contributed by atoms with E-state index in [9.17, 15) is 4.79 Å². The number of ether oxygens (including phenoxy) is 1. The molecule has 1 heterocycles. The zero-order valence-electron chi connectivity index (χ0n) is 13.3. The lowest BCUT2D eigenvalue weighted by molar-refractivity contribution is 0.0754. The quantitative estimate of drug-likeness (QED) is 0.651. The molecule has 2 N–H and O–H groups in total. The number of pyridine rings is 1. The van der Waals surface area contributed by atoms with Crippen molar-refractivity contribution < 1.29 is 9.53 Å². The Morgan fingerprint density at radius 1 is 1.29 bits per heavy atom. The van der Waals surface area contributed by atoms with Crippen molar-refractivity contribution in [3.8, 4) is 0 Å². The summed E-state index contributed by atoms with van der Waals surface area (Å²) in [4.78, 5) is 16.3. The largest absolute Gasteiger partial charge is 0.379 e. The molecule has 0 spiro atoms. The Morgan fingerprint density at radius 3 is 2.81 bits per heavy atom. The molecule has 0 aromatic carbocycles. The van der Waals surface area contributed by atoms with Crippen LogP contribution in [0.4, 0.5) is 5.82 Å². The lowest BCUT2D eigenvalue weighted by Crippen LogP contribution is -2.25. The van der Waals surface area contributed by atoms with Crippen molar-refractivity contribution in [1.82, 2.24) is 10.3 Å². The van der Waals surface area contributed by atoms with Crippen molar-refractivity contribution in [2.24, 2.45) is 0 Å². The minimum absolute atomic E-state index is 0.125. The summed E-state index contributed by atoms with van der Waals surface area (Å²) < 4.78 is 5.45. The number of hydrogen-bond acceptors (Lipinski definition) is 4. The number of nitrogens with one attached hydrogen (secondary N) is 2. The van der Waals surface area contributed by atoms with E-state index in [0.717, 1.165) is 38.2 Å². The standard InChI is InChI=1S/C16H27N3O2/c1-4-10-17-15-9-7-8-14(19-15)16(20)18-11-5-6-12-21-13(2)3/h7-9,13H,4-6,10-12H2,1-3H3,(H,17,19)(H,18,20). The topological polar surface area (TPSA) is 63.2 Å². The van der Waals surface area contributed by atoms with E-state index in [0.29, 0.717) is 12.2 Å². The van der Waals surface area contributed by atoms with Crippen molar-refractivity contribution >= 4 is 11.7 Å². The Balaban J connectivity index is 2.28. The number of carbonyl (C=O) groups excluding carboxylic acids is 1. The molecule has 1 aromatic rings. The fraction of sp³-hybridized carbons (Fsp3) is 0.625. The normalized spacial score (nSPS) is 10.7. The van der Waals surface area contributed by atoms with Gasteiger partial charge in [-0.1, -0.05) is 13.0 Å². The van der Waals surface area contributed by atoms with Crippen LogP contribution in [-0.2, 0) is 4.74 Å². The second kappa shape index (κ2) is 10.2. The summed E-state index contributed by atoms with van der Waals surface area (Å²) in [5.41, 5.74) is 0.453. The highest BCUT2D eigenvalue weighted by Gasteiger charge is 2.07. The molecular weight excluding hydrogens is 266 g/mol. The van der Waals surface area contributed by atoms with Crippen molar-refractivity contribution in [2.45, 2.75) is 46.1 Å². The number of nitrogens with zero attached hydrogens (tertiary/aromatic N) is 1. The maximum absolute atomic E-state index is 12.0. The molecular formula is C16H27N3O2. The summed E-state index contributed by atoms with van der Waals surface area (Å²) in [5.74, 6) is 0.620. The van der Waals surface area contributed by atoms with Crippen LogP contribution in [0.1, 0.15) is 50.5 Å². The van der Waals surface area contributed by atoms with E-state index < -0.39 is 0 Å². The van der Waals surface area contributed by atoms with Crippen molar-refractivity contribution in [2.75, 3.05) is 25.0 Å². The highest BCUT2D eigenvalue weighted by Crippen LogP contribution is 2.05. The minimum atomic E-state index is -0.125. The summed E-state index contributed by atoms with van der Waals surface area (Å²) in [5, 5.41) is 6.06. The second-order valence-corrected chi connectivity index (χ2v) is 5.22. The van der Waals surface area contributed by atoms with Gasteiger partial charge in [0.15, 0.2) is 0 Å². The number of amides is 1. The lowest BCUT2D eigenvalue weighted by atomic mass is 10.3. The van der Waals surface area contributed by atoms with Gasteiger partial charge in [0.1, 0.15) is 11.5 Å². The maximum Gasteiger partial charge on any atom is 0.269 e. The Bertz CT molecular complexity index is 422. The van der Waals surface area contributed by atoms with Gasteiger partial charge in [-0.2, -0.15) is 0 Å². The molecule has 1 aromatic heterocycles. The van der Waals surface area contributed by atoms with E-state index in [-0.39, 0.29) is 12.0 Å². The van der Waals surface area contributed by atoms with E-state index in [2.05, 4.69) is 22.5 Å². The van der Waals surface area contributed by atoms with Crippen LogP contribution in [0.2, 0.25) is 0 Å². The van der Waals surface area contributed by atoms with Crippen LogP contribution >= 0.6 is 0 Å². The van der Waals surface area contributed by atoms with Crippen LogP contribution < -0.4 is 10.6 Å². The highest BCUT2D eigenvalue weighted by atomic mass is 16.5. The Morgan fingerprint density at radius 2 is 2.10 bits per heavy atom. The monoisotopic (exact) mass is 293 g/mol. The van der Waals surface area contributed by atoms with Crippen molar-refractivity contribution in [3.63, 3.8) is 0 Å². The number of aromatic nitrogens is 1. The summed E-state index contributed by atoms with van der Waals surface area (Å²) in [7, 11) is 0. The molecule has 1 rings (SSSR count). The fourth-order valence-electron chi connectivity index (χ4n) is 1.75. The van der Waals surface area contributed by atoms with E-state index in [1.165, 1.54) is 0 Å². The van der Waals surface area contributed by atoms with Gasteiger partial charge in [0.25, 0.3) is 5.91 Å². The first-order chi connectivity index (χ1) is 10.1. The molecule has 0 saturated carbocycles. The molecule has 0 bridgehead atoms. The molecule has 0 saturated heterocycles. The first kappa shape index (κ1) is 17.4. The summed E-state index contributed by atoms with van der Waals surface area (Å²) in [6, 6.07) is 5.44. The smallest absolute Gasteiger partial charge is 0.269 e. The van der Waals surface area contributed by atoms with Gasteiger partial charge in [-0.05, 0) is 45.2 Å². The summed E-state index contributed by atoms with van der Waals surface area (Å²) >= 11 is 0. The third-order valence-electron chi connectivity index (χ3n) is 2.85. The number of anilines is 1.